The van der Waals surface area contributed by atoms with E-state index in [4.69, 9.17) is 0 Å². The summed E-state index contributed by atoms with van der Waals surface area (Å²) in [4.78, 5) is 0. The summed E-state index contributed by atoms with van der Waals surface area (Å²) >= 11 is 0. The third kappa shape index (κ3) is 7.93. The van der Waals surface area contributed by atoms with E-state index in [0.717, 1.165) is 0 Å². The predicted molar refractivity (Wildman–Crippen MR) is 172 cm³/mol. The van der Waals surface area contributed by atoms with Gasteiger partial charge in [-0.25, -0.2) is 0 Å². The fraction of sp³-hybridized carbons (Fsp3) is 0.231. The average Bonchev–Trinajstić information content (AvgIpc) is 3.50. The van der Waals surface area contributed by atoms with Crippen molar-refractivity contribution in [3.05, 3.63) is 132 Å². The Bertz CT molecular complexity index is 1660. The molecule has 0 unspecified atom stereocenters. The van der Waals surface area contributed by atoms with E-state index in [1.807, 2.05) is 0 Å². The topological polar surface area (TPSA) is 0 Å². The Morgan fingerprint density at radius 2 is 1.07 bits per heavy atom. The van der Waals surface area contributed by atoms with E-state index < -0.39 is 0 Å². The number of benzene rings is 4. The van der Waals surface area contributed by atoms with Crippen LogP contribution in [-0.4, -0.2) is 0 Å². The molecule has 0 fully saturated rings. The minimum Gasteiger partial charge on any atom is -1.00 e. The first-order chi connectivity index (χ1) is 18.5. The van der Waals surface area contributed by atoms with Crippen LogP contribution in [0.3, 0.4) is 0 Å². The van der Waals surface area contributed by atoms with Gasteiger partial charge in [0, 0.05) is 0 Å². The molecule has 0 aliphatic rings. The van der Waals surface area contributed by atoms with Gasteiger partial charge in [0.05, 0.1) is 0 Å². The van der Waals surface area contributed by atoms with E-state index in [2.05, 4.69) is 164 Å². The van der Waals surface area contributed by atoms with Crippen LogP contribution in [-0.2, 0) is 36.7 Å². The van der Waals surface area contributed by atoms with Gasteiger partial charge in [-0.15, -0.1) is 68.6 Å². The van der Waals surface area contributed by atoms with Crippen molar-refractivity contribution < 1.29 is 50.7 Å². The molecule has 42 heavy (non-hydrogen) atoms. The first-order valence-electron chi connectivity index (χ1n) is 14.0. The molecule has 0 nitrogen and oxygen atoms in total. The van der Waals surface area contributed by atoms with Gasteiger partial charge in [0.2, 0.25) is 0 Å². The molecule has 6 rings (SSSR count). The molecule has 0 aliphatic heterocycles. The first kappa shape index (κ1) is 35.7. The molecule has 214 valence electrons. The summed E-state index contributed by atoms with van der Waals surface area (Å²) in [6, 6.07) is 41.7. The van der Waals surface area contributed by atoms with Crippen LogP contribution in [0.5, 0.6) is 0 Å². The van der Waals surface area contributed by atoms with Crippen LogP contribution in [0.4, 0.5) is 0 Å². The monoisotopic (exact) mass is 758 g/mol. The molecule has 0 saturated carbocycles. The number of aryl methyl sites for hydroxylation is 1. The van der Waals surface area contributed by atoms with Gasteiger partial charge in [-0.05, 0) is 22.0 Å². The molecule has 0 amide bonds. The van der Waals surface area contributed by atoms with Gasteiger partial charge in [-0.2, -0.15) is 0 Å². The maximum absolute atomic E-state index is 2.38. The molecule has 6 aromatic carbocycles. The van der Waals surface area contributed by atoms with Gasteiger partial charge >= 0.3 is 25.8 Å². The van der Waals surface area contributed by atoms with Crippen LogP contribution in [0, 0.1) is 6.92 Å². The van der Waals surface area contributed by atoms with Crippen molar-refractivity contribution in [3.63, 3.8) is 0 Å². The normalized spacial score (nSPS) is 11.1. The fourth-order valence-electron chi connectivity index (χ4n) is 5.27. The van der Waals surface area contributed by atoms with Crippen molar-refractivity contribution in [1.82, 2.24) is 0 Å². The zero-order valence-corrected chi connectivity index (χ0v) is 30.8. The maximum Gasteiger partial charge on any atom is 4.00 e. The largest absolute Gasteiger partial charge is 4.00 e. The number of halogens is 2. The molecule has 0 aromatic heterocycles. The SMILES string of the molecule is CC(C)(C)c1cc(-c2cc3ccccc3[cH-]2)cc(C(C)(C)C)c1.C[c-]1c(-c2ccccc2)cc2ccccc21.[Cl-].[Cl-].[Hf+4]. The van der Waals surface area contributed by atoms with E-state index in [9.17, 15) is 0 Å². The number of hydrogen-bond acceptors (Lipinski definition) is 0. The molecule has 6 aromatic rings. The second-order valence-electron chi connectivity index (χ2n) is 12.8. The summed E-state index contributed by atoms with van der Waals surface area (Å²) < 4.78 is 0. The van der Waals surface area contributed by atoms with Crippen molar-refractivity contribution in [1.29, 1.82) is 0 Å². The van der Waals surface area contributed by atoms with Gasteiger partial charge < -0.3 is 24.8 Å². The van der Waals surface area contributed by atoms with Crippen LogP contribution in [0.1, 0.15) is 58.2 Å². The Morgan fingerprint density at radius 3 is 1.62 bits per heavy atom. The zero-order valence-electron chi connectivity index (χ0n) is 25.7. The van der Waals surface area contributed by atoms with E-state index in [1.54, 1.807) is 0 Å². The third-order valence-electron chi connectivity index (χ3n) is 7.77. The molecule has 0 N–H and O–H groups in total. The zero-order chi connectivity index (χ0) is 27.8. The molecule has 0 radical (unpaired) electrons. The predicted octanol–water partition coefficient (Wildman–Crippen LogP) is 5.36. The van der Waals surface area contributed by atoms with Gasteiger partial charge in [0.1, 0.15) is 0 Å². The molecule has 0 saturated heterocycles. The van der Waals surface area contributed by atoms with E-state index in [-0.39, 0.29) is 61.5 Å². The van der Waals surface area contributed by atoms with Gasteiger partial charge in [-0.1, -0.05) is 145 Å². The summed E-state index contributed by atoms with van der Waals surface area (Å²) in [6.45, 7) is 15.9. The van der Waals surface area contributed by atoms with Crippen molar-refractivity contribution in [2.75, 3.05) is 0 Å². The van der Waals surface area contributed by atoms with Crippen molar-refractivity contribution >= 4 is 21.5 Å². The quantitative estimate of drug-likeness (QED) is 0.165. The van der Waals surface area contributed by atoms with Crippen molar-refractivity contribution in [2.24, 2.45) is 0 Å². The summed E-state index contributed by atoms with van der Waals surface area (Å²) in [5, 5.41) is 5.34. The van der Waals surface area contributed by atoms with Crippen LogP contribution < -0.4 is 24.8 Å². The molecular weight excluding hydrogens is 718 g/mol. The van der Waals surface area contributed by atoms with E-state index in [1.165, 1.54) is 60.5 Å². The number of hydrogen-bond donors (Lipinski definition) is 0. The molecule has 0 spiro atoms. The Hall–Kier alpha value is -2.45. The first-order valence-corrected chi connectivity index (χ1v) is 14.0. The molecule has 0 bridgehead atoms. The fourth-order valence-corrected chi connectivity index (χ4v) is 5.27. The van der Waals surface area contributed by atoms with Crippen LogP contribution in [0.2, 0.25) is 0 Å². The molecule has 0 atom stereocenters. The third-order valence-corrected chi connectivity index (χ3v) is 7.77. The second-order valence-corrected chi connectivity index (χ2v) is 12.8. The summed E-state index contributed by atoms with van der Waals surface area (Å²) in [5.74, 6) is 0. The summed E-state index contributed by atoms with van der Waals surface area (Å²) in [7, 11) is 0. The second kappa shape index (κ2) is 14.3. The Morgan fingerprint density at radius 1 is 0.548 bits per heavy atom. The van der Waals surface area contributed by atoms with E-state index >= 15 is 0 Å². The van der Waals surface area contributed by atoms with E-state index in [0.29, 0.717) is 0 Å². The molecular formula is C39H40Cl2Hf. The Labute approximate surface area is 283 Å². The Balaban J connectivity index is 0.000000288. The average molecular weight is 758 g/mol. The summed E-state index contributed by atoms with van der Waals surface area (Å²) in [6.07, 6.45) is 0. The molecule has 3 heteroatoms. The minimum absolute atomic E-state index is 0. The van der Waals surface area contributed by atoms with Crippen LogP contribution >= 0.6 is 0 Å². The maximum atomic E-state index is 2.38. The molecule has 0 heterocycles. The van der Waals surface area contributed by atoms with Crippen molar-refractivity contribution in [3.8, 4) is 22.3 Å². The van der Waals surface area contributed by atoms with Gasteiger partial charge in [0.25, 0.3) is 0 Å². The number of rotatable bonds is 2. The van der Waals surface area contributed by atoms with Crippen molar-refractivity contribution in [2.45, 2.75) is 59.3 Å². The van der Waals surface area contributed by atoms with Crippen LogP contribution in [0.25, 0.3) is 43.8 Å². The Kier molecular flexibility index (Phi) is 12.2. The van der Waals surface area contributed by atoms with Gasteiger partial charge in [0.15, 0.2) is 0 Å². The minimum atomic E-state index is 0. The molecule has 0 aliphatic carbocycles. The number of fused-ring (bicyclic) bond motifs is 2. The van der Waals surface area contributed by atoms with Gasteiger partial charge in [-0.3, -0.25) is 0 Å². The summed E-state index contributed by atoms with van der Waals surface area (Å²) in [5.41, 5.74) is 9.81. The standard InChI is InChI=1S/C23H27.C16H13.2ClH.Hf/c1-22(2,3)20-13-19(14-21(15-20)23(4,5)6)18-11-16-9-7-8-10-17(16)12-18;1-12-15-10-6-5-9-14(15)11-16(12)13-7-3-2-4-8-13;;;/h7-15H,1-6H3;2-11H,1H3;2*1H;/q2*-1;;;+4/p-2. The smallest absolute Gasteiger partial charge is 1.00 e. The van der Waals surface area contributed by atoms with Crippen LogP contribution in [0.15, 0.2) is 115 Å².